The summed E-state index contributed by atoms with van der Waals surface area (Å²) >= 11 is 0. The van der Waals surface area contributed by atoms with Crippen LogP contribution in [-0.2, 0) is 38.1 Å². The van der Waals surface area contributed by atoms with Gasteiger partial charge in [0, 0.05) is 29.2 Å². The van der Waals surface area contributed by atoms with E-state index >= 15 is 0 Å². The summed E-state index contributed by atoms with van der Waals surface area (Å²) in [6.45, 7) is 12.3. The van der Waals surface area contributed by atoms with Gasteiger partial charge in [0.2, 0.25) is 0 Å². The zero-order chi connectivity index (χ0) is 32.4. The largest absolute Gasteiger partial charge is 0.472 e. The number of epoxide rings is 1. The third-order valence-corrected chi connectivity index (χ3v) is 11.0. The van der Waals surface area contributed by atoms with Crippen LogP contribution in [0.3, 0.4) is 0 Å². The average Bonchev–Trinajstić information content (AvgIpc) is 3.38. The quantitative estimate of drug-likeness (QED) is 0.132. The Hall–Kier alpha value is -4.18. The molecule has 2 aliphatic heterocycles. The molecule has 0 bridgehead atoms. The molecule has 2 saturated carbocycles. The number of furan rings is 1. The van der Waals surface area contributed by atoms with Crippen molar-refractivity contribution in [1.29, 1.82) is 0 Å². The molecule has 2 aromatic rings. The van der Waals surface area contributed by atoms with Crippen molar-refractivity contribution in [2.24, 2.45) is 22.7 Å². The maximum absolute atomic E-state index is 13.8. The lowest BCUT2D eigenvalue weighted by atomic mass is 9.48. The van der Waals surface area contributed by atoms with Crippen molar-refractivity contribution >= 4 is 24.4 Å². The van der Waals surface area contributed by atoms with E-state index in [9.17, 15) is 19.2 Å². The van der Waals surface area contributed by atoms with Gasteiger partial charge in [-0.1, -0.05) is 44.7 Å². The lowest BCUT2D eigenvalue weighted by Gasteiger charge is -2.58. The zero-order valence-corrected chi connectivity index (χ0v) is 26.0. The first-order valence-electron chi connectivity index (χ1n) is 15.1. The van der Waals surface area contributed by atoms with E-state index in [0.29, 0.717) is 24.0 Å². The van der Waals surface area contributed by atoms with Crippen LogP contribution in [0.1, 0.15) is 62.4 Å². The van der Waals surface area contributed by atoms with Gasteiger partial charge in [0.1, 0.15) is 23.4 Å². The van der Waals surface area contributed by atoms with Gasteiger partial charge in [-0.25, -0.2) is 9.59 Å². The molecule has 9 atom stereocenters. The Kier molecular flexibility index (Phi) is 7.34. The molecule has 45 heavy (non-hydrogen) atoms. The van der Waals surface area contributed by atoms with Crippen LogP contribution in [0, 0.1) is 22.7 Å². The summed E-state index contributed by atoms with van der Waals surface area (Å²) in [5.41, 5.74) is -2.33. The first kappa shape index (κ1) is 30.8. The Morgan fingerprint density at radius 2 is 1.84 bits per heavy atom. The van der Waals surface area contributed by atoms with Gasteiger partial charge in [-0.3, -0.25) is 9.59 Å². The first-order chi connectivity index (χ1) is 21.3. The second-order valence-electron chi connectivity index (χ2n) is 13.4. The summed E-state index contributed by atoms with van der Waals surface area (Å²) in [4.78, 5) is 51.9. The molecule has 0 N–H and O–H groups in total. The zero-order valence-electron chi connectivity index (χ0n) is 26.0. The number of carbonyl (C=O) groups is 4. The summed E-state index contributed by atoms with van der Waals surface area (Å²) in [5.74, 6) is -3.33. The van der Waals surface area contributed by atoms with Crippen LogP contribution in [0.15, 0.2) is 77.6 Å². The van der Waals surface area contributed by atoms with E-state index < -0.39 is 64.0 Å². The number of hydrogen-bond acceptors (Lipinski definition) is 10. The summed E-state index contributed by atoms with van der Waals surface area (Å²) in [5, 5.41) is 0. The normalized spacial score (nSPS) is 37.8. The lowest BCUT2D eigenvalue weighted by Crippen LogP contribution is -2.66. The molecule has 0 radical (unpaired) electrons. The third kappa shape index (κ3) is 4.47. The summed E-state index contributed by atoms with van der Waals surface area (Å²) in [7, 11) is 1.30. The smallest absolute Gasteiger partial charge is 0.338 e. The van der Waals surface area contributed by atoms with Gasteiger partial charge in [0.25, 0.3) is 6.47 Å². The van der Waals surface area contributed by atoms with Crippen molar-refractivity contribution in [2.45, 2.75) is 76.0 Å². The highest BCUT2D eigenvalue weighted by Crippen LogP contribution is 2.76. The van der Waals surface area contributed by atoms with Crippen LogP contribution < -0.4 is 0 Å². The van der Waals surface area contributed by atoms with Crippen LogP contribution >= 0.6 is 0 Å². The number of cyclic esters (lactones) is 1. The van der Waals surface area contributed by atoms with Crippen LogP contribution in [0.25, 0.3) is 0 Å². The number of rotatable bonds is 8. The van der Waals surface area contributed by atoms with Crippen molar-refractivity contribution in [2.75, 3.05) is 7.11 Å². The highest BCUT2D eigenvalue weighted by atomic mass is 16.6. The van der Waals surface area contributed by atoms with Crippen molar-refractivity contribution in [3.8, 4) is 0 Å². The second kappa shape index (κ2) is 10.7. The lowest BCUT2D eigenvalue weighted by molar-refractivity contribution is -0.189. The van der Waals surface area contributed by atoms with E-state index in [2.05, 4.69) is 6.58 Å². The van der Waals surface area contributed by atoms with Crippen molar-refractivity contribution < 1.29 is 47.3 Å². The van der Waals surface area contributed by atoms with Crippen molar-refractivity contribution in [3.05, 3.63) is 84.4 Å². The highest BCUT2D eigenvalue weighted by Gasteiger charge is 2.84. The Morgan fingerprint density at radius 3 is 2.49 bits per heavy atom. The van der Waals surface area contributed by atoms with Crippen LogP contribution in [0.4, 0.5) is 0 Å². The molecule has 1 aromatic heterocycles. The number of esters is 3. The van der Waals surface area contributed by atoms with Crippen molar-refractivity contribution in [1.82, 2.24) is 0 Å². The van der Waals surface area contributed by atoms with E-state index in [1.807, 2.05) is 19.9 Å². The van der Waals surface area contributed by atoms with E-state index in [1.165, 1.54) is 13.2 Å². The average molecular weight is 619 g/mol. The van der Waals surface area contributed by atoms with Gasteiger partial charge in [0.05, 0.1) is 43.1 Å². The molecular weight excluding hydrogens is 580 g/mol. The number of hydrogen-bond donors (Lipinski definition) is 0. The van der Waals surface area contributed by atoms with Crippen LogP contribution in [-0.4, -0.2) is 61.0 Å². The Bertz CT molecular complexity index is 1540. The standard InChI is InChI=1S/C35H38O10/c1-20-28(33(4)14-12-26(37)45-32(2,3)24(33)17-27(38)40-6)29(42-19-36)30(43-31(39)21-10-8-7-9-11-21)34(5)23(22-13-15-41-18-22)16-25-35(20,34)44-25/h7-15,18-19,23-25,28-30H,1,16-17H2,2-6H3/t23-,24-,25+,28+,29+,30-,33+,34+,35+/m0/s1. The maximum atomic E-state index is 13.8. The Labute approximate surface area is 261 Å². The predicted octanol–water partition coefficient (Wildman–Crippen LogP) is 4.94. The van der Waals surface area contributed by atoms with Crippen LogP contribution in [0.2, 0.25) is 0 Å². The van der Waals surface area contributed by atoms with Crippen molar-refractivity contribution in [3.63, 3.8) is 0 Å². The molecule has 1 saturated heterocycles. The molecule has 3 fully saturated rings. The number of carbonyl (C=O) groups excluding carboxylic acids is 4. The maximum Gasteiger partial charge on any atom is 0.338 e. The van der Waals surface area contributed by atoms with E-state index in [-0.39, 0.29) is 18.4 Å². The topological polar surface area (TPSA) is 131 Å². The minimum Gasteiger partial charge on any atom is -0.472 e. The molecule has 10 heteroatoms. The molecular formula is C35H38O10. The Morgan fingerprint density at radius 1 is 1.11 bits per heavy atom. The fraction of sp³-hybridized carbons (Fsp3) is 0.486. The molecule has 6 rings (SSSR count). The third-order valence-electron chi connectivity index (χ3n) is 11.0. The number of ether oxygens (including phenoxy) is 5. The predicted molar refractivity (Wildman–Crippen MR) is 159 cm³/mol. The van der Waals surface area contributed by atoms with E-state index in [4.69, 9.17) is 28.1 Å². The molecule has 1 spiro atoms. The number of methoxy groups -OCH3 is 1. The fourth-order valence-corrected chi connectivity index (χ4v) is 8.94. The van der Waals surface area contributed by atoms with E-state index in [1.54, 1.807) is 62.8 Å². The highest BCUT2D eigenvalue weighted by molar-refractivity contribution is 5.89. The SMILES string of the molecule is C=C1[C@@H]([C@]2(C)C=CC(=O)OC(C)(C)[C@@H]2CC(=O)OC)[C@@H](OC=O)[C@H](OC(=O)c2ccccc2)[C@@]2(C)[C@H](c3ccoc3)C[C@H]3O[C@]132. The fourth-order valence-electron chi connectivity index (χ4n) is 8.94. The van der Waals surface area contributed by atoms with Gasteiger partial charge < -0.3 is 28.1 Å². The molecule has 2 aliphatic carbocycles. The first-order valence-corrected chi connectivity index (χ1v) is 15.1. The molecule has 0 unspecified atom stereocenters. The number of allylic oxidation sites excluding steroid dienone is 1. The molecule has 4 aliphatic rings. The summed E-state index contributed by atoms with van der Waals surface area (Å²) in [6.07, 6.45) is 4.36. The van der Waals surface area contributed by atoms with Gasteiger partial charge >= 0.3 is 17.9 Å². The molecule has 0 amide bonds. The molecule has 1 aromatic carbocycles. The number of benzene rings is 1. The van der Waals surface area contributed by atoms with Gasteiger partial charge in [-0.15, -0.1) is 0 Å². The van der Waals surface area contributed by atoms with Gasteiger partial charge in [-0.2, -0.15) is 0 Å². The minimum atomic E-state index is -1.16. The molecule has 238 valence electrons. The molecule has 3 heterocycles. The Balaban J connectivity index is 1.56. The van der Waals surface area contributed by atoms with E-state index in [0.717, 1.165) is 5.56 Å². The van der Waals surface area contributed by atoms with Gasteiger partial charge in [0.15, 0.2) is 0 Å². The van der Waals surface area contributed by atoms with Crippen LogP contribution in [0.5, 0.6) is 0 Å². The summed E-state index contributed by atoms with van der Waals surface area (Å²) < 4.78 is 35.4. The minimum absolute atomic E-state index is 0.115. The molecule has 10 nitrogen and oxygen atoms in total. The summed E-state index contributed by atoms with van der Waals surface area (Å²) in [6, 6.07) is 10.5. The second-order valence-corrected chi connectivity index (χ2v) is 13.4. The monoisotopic (exact) mass is 618 g/mol. The van der Waals surface area contributed by atoms with Gasteiger partial charge in [-0.05, 0) is 49.6 Å².